The van der Waals surface area contributed by atoms with Crippen molar-refractivity contribution in [2.24, 2.45) is 0 Å². The van der Waals surface area contributed by atoms with E-state index < -0.39 is 0 Å². The molecule has 1 N–H and O–H groups in total. The Labute approximate surface area is 132 Å². The highest BCUT2D eigenvalue weighted by Gasteiger charge is 2.22. The van der Waals surface area contributed by atoms with Gasteiger partial charge in [0, 0.05) is 18.0 Å². The molecule has 1 atom stereocenters. The zero-order valence-electron chi connectivity index (χ0n) is 12.5. The summed E-state index contributed by atoms with van der Waals surface area (Å²) >= 11 is 3.52. The number of benzene rings is 1. The van der Waals surface area contributed by atoms with Crippen LogP contribution in [0.3, 0.4) is 0 Å². The Balaban J connectivity index is 2.52. The summed E-state index contributed by atoms with van der Waals surface area (Å²) in [6.07, 6.45) is 3.61. The van der Waals surface area contributed by atoms with Gasteiger partial charge in [0.25, 0.3) is 0 Å². The summed E-state index contributed by atoms with van der Waals surface area (Å²) in [5.74, 6) is 2.12. The van der Waals surface area contributed by atoms with Crippen LogP contribution < -0.4 is 14.8 Å². The van der Waals surface area contributed by atoms with Crippen molar-refractivity contribution < 1.29 is 9.47 Å². The zero-order chi connectivity index (χ0) is 15.4. The Morgan fingerprint density at radius 2 is 1.81 bits per heavy atom. The molecule has 21 heavy (non-hydrogen) atoms. The van der Waals surface area contributed by atoms with E-state index in [9.17, 15) is 0 Å². The number of nitrogens with one attached hydrogen (secondary N) is 1. The Kier molecular flexibility index (Phi) is 5.14. The summed E-state index contributed by atoms with van der Waals surface area (Å²) in [6, 6.07) is 3.68. The highest BCUT2D eigenvalue weighted by Crippen LogP contribution is 2.40. The molecule has 1 aromatic carbocycles. The average Bonchev–Trinajstić information content (AvgIpc) is 2.50. The number of rotatable bonds is 5. The van der Waals surface area contributed by atoms with Crippen molar-refractivity contribution in [1.82, 2.24) is 15.3 Å². The van der Waals surface area contributed by atoms with Gasteiger partial charge < -0.3 is 14.8 Å². The van der Waals surface area contributed by atoms with Crippen molar-refractivity contribution in [3.8, 4) is 11.5 Å². The number of aryl methyl sites for hydroxylation is 1. The van der Waals surface area contributed by atoms with E-state index in [0.717, 1.165) is 21.3 Å². The van der Waals surface area contributed by atoms with Crippen molar-refractivity contribution in [3.05, 3.63) is 46.0 Å². The number of hydrogen-bond acceptors (Lipinski definition) is 5. The topological polar surface area (TPSA) is 56.3 Å². The van der Waals surface area contributed by atoms with E-state index in [-0.39, 0.29) is 6.04 Å². The van der Waals surface area contributed by atoms with E-state index >= 15 is 0 Å². The molecule has 2 aromatic rings. The lowest BCUT2D eigenvalue weighted by Gasteiger charge is -2.20. The first-order chi connectivity index (χ1) is 10.1. The normalized spacial score (nSPS) is 12.0. The molecule has 0 aliphatic carbocycles. The molecule has 0 saturated carbocycles. The third kappa shape index (κ3) is 3.16. The number of halogens is 1. The van der Waals surface area contributed by atoms with Gasteiger partial charge in [-0.15, -0.1) is 0 Å². The summed E-state index contributed by atoms with van der Waals surface area (Å²) in [4.78, 5) is 8.80. The van der Waals surface area contributed by atoms with Crippen molar-refractivity contribution in [3.63, 3.8) is 0 Å². The lowest BCUT2D eigenvalue weighted by atomic mass is 10.0. The zero-order valence-corrected chi connectivity index (χ0v) is 14.1. The Hall–Kier alpha value is -1.66. The molecule has 5 nitrogen and oxygen atoms in total. The fraction of sp³-hybridized carbons (Fsp3) is 0.333. The van der Waals surface area contributed by atoms with Gasteiger partial charge in [0.1, 0.15) is 21.8 Å². The van der Waals surface area contributed by atoms with Crippen molar-refractivity contribution in [1.29, 1.82) is 0 Å². The molecule has 6 heteroatoms. The standard InChI is InChI=1S/C15H18BrN3O2/c1-9-7-18-15(19-8-9)13(17-2)10-5-6-11(20-3)12(16)14(10)21-4/h5-8,13,17H,1-4H3. The smallest absolute Gasteiger partial charge is 0.149 e. The van der Waals surface area contributed by atoms with Crippen molar-refractivity contribution >= 4 is 15.9 Å². The van der Waals surface area contributed by atoms with Gasteiger partial charge in [-0.25, -0.2) is 9.97 Å². The summed E-state index contributed by atoms with van der Waals surface area (Å²) < 4.78 is 11.6. The molecule has 2 rings (SSSR count). The molecule has 0 saturated heterocycles. The van der Waals surface area contributed by atoms with Gasteiger partial charge in [-0.3, -0.25) is 0 Å². The van der Waals surface area contributed by atoms with Gasteiger partial charge in [0.05, 0.1) is 20.3 Å². The Morgan fingerprint density at radius 1 is 1.14 bits per heavy atom. The molecule has 0 radical (unpaired) electrons. The fourth-order valence-electron chi connectivity index (χ4n) is 2.12. The molecule has 0 aliphatic heterocycles. The molecule has 112 valence electrons. The lowest BCUT2D eigenvalue weighted by Crippen LogP contribution is -2.21. The van der Waals surface area contributed by atoms with Crippen LogP contribution in [0.4, 0.5) is 0 Å². The van der Waals surface area contributed by atoms with Crippen molar-refractivity contribution in [2.45, 2.75) is 13.0 Å². The van der Waals surface area contributed by atoms with Crippen LogP contribution in [0.25, 0.3) is 0 Å². The summed E-state index contributed by atoms with van der Waals surface area (Å²) in [6.45, 7) is 1.96. The van der Waals surface area contributed by atoms with Crippen LogP contribution in [0.15, 0.2) is 29.0 Å². The second-order valence-electron chi connectivity index (χ2n) is 4.54. The van der Waals surface area contributed by atoms with Crippen LogP contribution in [-0.2, 0) is 0 Å². The average molecular weight is 352 g/mol. The maximum atomic E-state index is 5.52. The minimum absolute atomic E-state index is 0.164. The fourth-order valence-corrected chi connectivity index (χ4v) is 2.81. The van der Waals surface area contributed by atoms with Crippen LogP contribution in [0, 0.1) is 6.92 Å². The van der Waals surface area contributed by atoms with Crippen LogP contribution in [0.2, 0.25) is 0 Å². The quantitative estimate of drug-likeness (QED) is 0.897. The number of methoxy groups -OCH3 is 2. The number of nitrogens with zero attached hydrogens (tertiary/aromatic N) is 2. The number of hydrogen-bond donors (Lipinski definition) is 1. The molecular weight excluding hydrogens is 334 g/mol. The van der Waals surface area contributed by atoms with E-state index in [1.165, 1.54) is 0 Å². The number of aromatic nitrogens is 2. The van der Waals surface area contributed by atoms with Crippen LogP contribution in [-0.4, -0.2) is 31.2 Å². The Bertz CT molecular complexity index is 617. The molecular formula is C15H18BrN3O2. The largest absolute Gasteiger partial charge is 0.495 e. The van der Waals surface area contributed by atoms with E-state index in [1.807, 2.05) is 26.1 Å². The second kappa shape index (κ2) is 6.87. The highest BCUT2D eigenvalue weighted by molar-refractivity contribution is 9.10. The van der Waals surface area contributed by atoms with Crippen LogP contribution >= 0.6 is 15.9 Å². The second-order valence-corrected chi connectivity index (χ2v) is 5.34. The van der Waals surface area contributed by atoms with E-state index in [1.54, 1.807) is 26.6 Å². The van der Waals surface area contributed by atoms with Gasteiger partial charge in [0.2, 0.25) is 0 Å². The predicted octanol–water partition coefficient (Wildman–Crippen LogP) is 2.87. The molecule has 1 aromatic heterocycles. The monoisotopic (exact) mass is 351 g/mol. The molecule has 0 fully saturated rings. The third-order valence-corrected chi connectivity index (χ3v) is 3.93. The first kappa shape index (κ1) is 15.7. The molecule has 0 bridgehead atoms. The Morgan fingerprint density at radius 3 is 2.33 bits per heavy atom. The van der Waals surface area contributed by atoms with Gasteiger partial charge in [-0.05, 0) is 47.6 Å². The molecule has 0 amide bonds. The minimum Gasteiger partial charge on any atom is -0.495 e. The van der Waals surface area contributed by atoms with Crippen LogP contribution in [0.1, 0.15) is 23.0 Å². The van der Waals surface area contributed by atoms with Gasteiger partial charge in [0.15, 0.2) is 0 Å². The first-order valence-corrected chi connectivity index (χ1v) is 7.27. The van der Waals surface area contributed by atoms with Gasteiger partial charge >= 0.3 is 0 Å². The predicted molar refractivity (Wildman–Crippen MR) is 84.9 cm³/mol. The maximum Gasteiger partial charge on any atom is 0.149 e. The van der Waals surface area contributed by atoms with E-state index in [2.05, 4.69) is 31.2 Å². The van der Waals surface area contributed by atoms with Gasteiger partial charge in [-0.1, -0.05) is 0 Å². The molecule has 1 heterocycles. The van der Waals surface area contributed by atoms with E-state index in [4.69, 9.17) is 9.47 Å². The first-order valence-electron chi connectivity index (χ1n) is 6.48. The van der Waals surface area contributed by atoms with Crippen LogP contribution in [0.5, 0.6) is 11.5 Å². The SMILES string of the molecule is CNC(c1ncc(C)cn1)c1ccc(OC)c(Br)c1OC. The number of ether oxygens (including phenoxy) is 2. The van der Waals surface area contributed by atoms with E-state index in [0.29, 0.717) is 11.6 Å². The highest BCUT2D eigenvalue weighted by atomic mass is 79.9. The molecule has 0 aliphatic rings. The molecule has 1 unspecified atom stereocenters. The van der Waals surface area contributed by atoms with Gasteiger partial charge in [-0.2, -0.15) is 0 Å². The minimum atomic E-state index is -0.164. The third-order valence-electron chi connectivity index (χ3n) is 3.17. The molecule has 0 spiro atoms. The maximum absolute atomic E-state index is 5.52. The summed E-state index contributed by atoms with van der Waals surface area (Å²) in [5.41, 5.74) is 1.97. The van der Waals surface area contributed by atoms with Crippen molar-refractivity contribution in [2.75, 3.05) is 21.3 Å². The lowest BCUT2D eigenvalue weighted by molar-refractivity contribution is 0.383. The summed E-state index contributed by atoms with van der Waals surface area (Å²) in [7, 11) is 5.12. The summed E-state index contributed by atoms with van der Waals surface area (Å²) in [5, 5.41) is 3.23.